The first kappa shape index (κ1) is 46.8. The largest absolute Gasteiger partial charge is 0.394 e. The van der Waals surface area contributed by atoms with Crippen LogP contribution in [0.1, 0.15) is 219 Å². The molecular weight excluding hydrogens is 594 g/mol. The van der Waals surface area contributed by atoms with Gasteiger partial charge in [-0.25, -0.2) is 0 Å². The number of amides is 1. The molecule has 5 heteroatoms. The molecular formula is C43H83NO4. The van der Waals surface area contributed by atoms with Crippen LogP contribution in [0.25, 0.3) is 0 Å². The number of rotatable bonds is 38. The first-order chi connectivity index (χ1) is 23.6. The summed E-state index contributed by atoms with van der Waals surface area (Å²) in [6.45, 7) is 4.18. The summed E-state index contributed by atoms with van der Waals surface area (Å²) < 4.78 is 0. The van der Waals surface area contributed by atoms with Gasteiger partial charge in [0.25, 0.3) is 0 Å². The first-order valence-electron chi connectivity index (χ1n) is 21.2. The van der Waals surface area contributed by atoms with Gasteiger partial charge in [0.05, 0.1) is 18.8 Å². The lowest BCUT2D eigenvalue weighted by Gasteiger charge is -2.21. The number of aliphatic hydroxyl groups is 3. The van der Waals surface area contributed by atoms with Gasteiger partial charge in [-0.05, 0) is 44.9 Å². The van der Waals surface area contributed by atoms with Gasteiger partial charge in [0.2, 0.25) is 5.91 Å². The molecule has 0 aliphatic rings. The third kappa shape index (κ3) is 33.3. The number of nitrogens with one attached hydrogen (secondary N) is 1. The number of allylic oxidation sites excluding steroid dienone is 3. The van der Waals surface area contributed by atoms with Crippen molar-refractivity contribution in [3.05, 3.63) is 24.3 Å². The SMILES string of the molecule is CCCCCCCC/C=C\CCCCCCCCC(O)C(=O)NC(CO)C(O)/C=C/CCCCCCCCCCCCCCCCCC. The van der Waals surface area contributed by atoms with Gasteiger partial charge in [0.15, 0.2) is 0 Å². The molecule has 0 heterocycles. The Kier molecular flexibility index (Phi) is 37.7. The lowest BCUT2D eigenvalue weighted by atomic mass is 10.0. The van der Waals surface area contributed by atoms with Gasteiger partial charge >= 0.3 is 0 Å². The van der Waals surface area contributed by atoms with Crippen LogP contribution in [-0.2, 0) is 4.79 Å². The Morgan fingerprint density at radius 1 is 0.500 bits per heavy atom. The lowest BCUT2D eigenvalue weighted by molar-refractivity contribution is -0.131. The zero-order valence-electron chi connectivity index (χ0n) is 32.1. The normalized spacial score (nSPS) is 13.9. The molecule has 0 aliphatic carbocycles. The number of carbonyl (C=O) groups is 1. The van der Waals surface area contributed by atoms with Crippen LogP contribution in [0, 0.1) is 0 Å². The predicted molar refractivity (Wildman–Crippen MR) is 208 cm³/mol. The molecule has 0 fully saturated rings. The molecule has 1 amide bonds. The Labute approximate surface area is 299 Å². The second-order valence-corrected chi connectivity index (χ2v) is 14.6. The van der Waals surface area contributed by atoms with Crippen molar-refractivity contribution in [1.82, 2.24) is 5.32 Å². The molecule has 0 saturated heterocycles. The molecule has 284 valence electrons. The smallest absolute Gasteiger partial charge is 0.249 e. The van der Waals surface area contributed by atoms with E-state index in [1.54, 1.807) is 6.08 Å². The van der Waals surface area contributed by atoms with Gasteiger partial charge in [-0.1, -0.05) is 199 Å². The summed E-state index contributed by atoms with van der Waals surface area (Å²) in [5.74, 6) is -0.507. The van der Waals surface area contributed by atoms with Gasteiger partial charge in [-0.15, -0.1) is 0 Å². The van der Waals surface area contributed by atoms with Crippen LogP contribution in [0.5, 0.6) is 0 Å². The van der Waals surface area contributed by atoms with Crippen LogP contribution in [0.4, 0.5) is 0 Å². The third-order valence-corrected chi connectivity index (χ3v) is 9.79. The van der Waals surface area contributed by atoms with Crippen LogP contribution in [0.2, 0.25) is 0 Å². The summed E-state index contributed by atoms with van der Waals surface area (Å²) in [4.78, 5) is 12.4. The fourth-order valence-electron chi connectivity index (χ4n) is 6.41. The van der Waals surface area contributed by atoms with E-state index in [-0.39, 0.29) is 6.61 Å². The molecule has 0 saturated carbocycles. The van der Waals surface area contributed by atoms with E-state index in [0.29, 0.717) is 6.42 Å². The average molecular weight is 678 g/mol. The summed E-state index contributed by atoms with van der Waals surface area (Å²) in [5, 5.41) is 33.1. The number of hydrogen-bond acceptors (Lipinski definition) is 4. The molecule has 4 N–H and O–H groups in total. The summed E-state index contributed by atoms with van der Waals surface area (Å²) in [6, 6.07) is -0.797. The van der Waals surface area contributed by atoms with Crippen molar-refractivity contribution in [2.75, 3.05) is 6.61 Å². The third-order valence-electron chi connectivity index (χ3n) is 9.79. The van der Waals surface area contributed by atoms with Gasteiger partial charge in [-0.2, -0.15) is 0 Å². The monoisotopic (exact) mass is 678 g/mol. The zero-order valence-corrected chi connectivity index (χ0v) is 32.1. The Bertz CT molecular complexity index is 709. The van der Waals surface area contributed by atoms with E-state index in [1.165, 1.54) is 167 Å². The van der Waals surface area contributed by atoms with Crippen LogP contribution in [-0.4, -0.2) is 46.1 Å². The van der Waals surface area contributed by atoms with E-state index < -0.39 is 24.2 Å². The average Bonchev–Trinajstić information content (AvgIpc) is 3.09. The van der Waals surface area contributed by atoms with Crippen molar-refractivity contribution < 1.29 is 20.1 Å². The lowest BCUT2D eigenvalue weighted by Crippen LogP contribution is -2.48. The van der Waals surface area contributed by atoms with Crippen molar-refractivity contribution in [2.24, 2.45) is 0 Å². The van der Waals surface area contributed by atoms with E-state index in [9.17, 15) is 20.1 Å². The maximum absolute atomic E-state index is 12.4. The maximum atomic E-state index is 12.4. The van der Waals surface area contributed by atoms with Crippen molar-refractivity contribution in [2.45, 2.75) is 238 Å². The van der Waals surface area contributed by atoms with Gasteiger partial charge in [0.1, 0.15) is 6.10 Å². The minimum Gasteiger partial charge on any atom is -0.394 e. The second kappa shape index (κ2) is 38.6. The topological polar surface area (TPSA) is 89.8 Å². The summed E-state index contributed by atoms with van der Waals surface area (Å²) in [6.07, 6.45) is 46.3. The quantitative estimate of drug-likeness (QED) is 0.0387. The molecule has 0 radical (unpaired) electrons. The molecule has 0 aliphatic heterocycles. The molecule has 3 unspecified atom stereocenters. The molecule has 3 atom stereocenters. The first-order valence-corrected chi connectivity index (χ1v) is 21.2. The summed E-state index contributed by atoms with van der Waals surface area (Å²) in [5.41, 5.74) is 0. The van der Waals surface area contributed by atoms with E-state index in [4.69, 9.17) is 0 Å². The molecule has 0 bridgehead atoms. The minimum atomic E-state index is -1.10. The van der Waals surface area contributed by atoms with Crippen molar-refractivity contribution in [3.63, 3.8) is 0 Å². The minimum absolute atomic E-state index is 0.364. The van der Waals surface area contributed by atoms with Crippen molar-refractivity contribution in [1.29, 1.82) is 0 Å². The maximum Gasteiger partial charge on any atom is 0.249 e. The second-order valence-electron chi connectivity index (χ2n) is 14.6. The van der Waals surface area contributed by atoms with Gasteiger partial charge < -0.3 is 20.6 Å². The van der Waals surface area contributed by atoms with Crippen LogP contribution >= 0.6 is 0 Å². The molecule has 48 heavy (non-hydrogen) atoms. The molecule has 5 nitrogen and oxygen atoms in total. The molecule has 0 aromatic carbocycles. The molecule has 0 rings (SSSR count). The predicted octanol–water partition coefficient (Wildman–Crippen LogP) is 11.8. The van der Waals surface area contributed by atoms with E-state index in [2.05, 4.69) is 31.3 Å². The Morgan fingerprint density at radius 2 is 0.833 bits per heavy atom. The van der Waals surface area contributed by atoms with Crippen LogP contribution in [0.15, 0.2) is 24.3 Å². The number of aliphatic hydroxyl groups excluding tert-OH is 3. The fourth-order valence-corrected chi connectivity index (χ4v) is 6.41. The summed E-state index contributed by atoms with van der Waals surface area (Å²) in [7, 11) is 0. The van der Waals surface area contributed by atoms with Crippen molar-refractivity contribution in [3.8, 4) is 0 Å². The fraction of sp³-hybridized carbons (Fsp3) is 0.884. The number of hydrogen-bond donors (Lipinski definition) is 4. The highest BCUT2D eigenvalue weighted by Crippen LogP contribution is 2.15. The van der Waals surface area contributed by atoms with Crippen LogP contribution < -0.4 is 5.32 Å². The molecule has 0 aromatic rings. The standard InChI is InChI=1S/C43H83NO4/c1-3-5-7-9-11-13-15-17-19-21-22-24-25-27-29-31-33-35-37-41(46)40(39-45)44-43(48)42(47)38-36-34-32-30-28-26-23-20-18-16-14-12-10-8-6-4-2/h18,20,35,37,40-42,45-47H,3-17,19,21-34,36,38-39H2,1-2H3,(H,44,48)/b20-18-,37-35+. The zero-order chi connectivity index (χ0) is 35.2. The molecule has 0 spiro atoms. The van der Waals surface area contributed by atoms with Gasteiger partial charge in [-0.3, -0.25) is 4.79 Å². The number of carbonyl (C=O) groups excluding carboxylic acids is 1. The number of unbranched alkanes of at least 4 members (excludes halogenated alkanes) is 28. The Morgan fingerprint density at radius 3 is 1.21 bits per heavy atom. The highest BCUT2D eigenvalue weighted by molar-refractivity contribution is 5.80. The molecule has 0 aromatic heterocycles. The van der Waals surface area contributed by atoms with E-state index >= 15 is 0 Å². The van der Waals surface area contributed by atoms with E-state index in [1.807, 2.05) is 6.08 Å². The van der Waals surface area contributed by atoms with E-state index in [0.717, 1.165) is 32.1 Å². The van der Waals surface area contributed by atoms with Gasteiger partial charge in [0, 0.05) is 0 Å². The highest BCUT2D eigenvalue weighted by Gasteiger charge is 2.22. The van der Waals surface area contributed by atoms with Crippen LogP contribution in [0.3, 0.4) is 0 Å². The summed E-state index contributed by atoms with van der Waals surface area (Å²) >= 11 is 0. The Balaban J connectivity index is 3.70. The van der Waals surface area contributed by atoms with Crippen molar-refractivity contribution >= 4 is 5.91 Å². The Hall–Kier alpha value is -1.17. The highest BCUT2D eigenvalue weighted by atomic mass is 16.3.